The number of ether oxygens (including phenoxy) is 1. The summed E-state index contributed by atoms with van der Waals surface area (Å²) in [4.78, 5) is 74.1. The van der Waals surface area contributed by atoms with Crippen LogP contribution in [0.4, 0.5) is 16.2 Å². The molecule has 0 aliphatic carbocycles. The van der Waals surface area contributed by atoms with Gasteiger partial charge in [-0.05, 0) is 49.0 Å². The Labute approximate surface area is 229 Å². The number of nitrogens with one attached hydrogen (secondary N) is 1. The first-order valence-corrected chi connectivity index (χ1v) is 12.5. The van der Waals surface area contributed by atoms with Crippen molar-refractivity contribution in [3.63, 3.8) is 0 Å². The molecule has 2 aromatic carbocycles. The predicted octanol–water partition coefficient (Wildman–Crippen LogP) is 3.29. The summed E-state index contributed by atoms with van der Waals surface area (Å²) in [6.45, 7) is 1.11. The molecule has 15 heteroatoms. The van der Waals surface area contributed by atoms with Crippen LogP contribution < -0.4 is 11.0 Å². The standard InChI is InChI=1S/C24H20ClN5O8S/c1-4-38-22(33)14-9-13(5-6-15(14)25)26-20(31)11-29-21(32)19(39-24(29)35)8-12-7-17-18(10-16(12)30(36)37)28(3)23(34)27(17)2/h5-10H,4,11H2,1-3H3,(H,26,31)/b19-8-. The second-order valence-electron chi connectivity index (χ2n) is 8.29. The van der Waals surface area contributed by atoms with Crippen molar-refractivity contribution in [2.45, 2.75) is 6.92 Å². The Bertz CT molecular complexity index is 1670. The molecule has 3 amide bonds. The maximum absolute atomic E-state index is 13.0. The van der Waals surface area contributed by atoms with E-state index in [2.05, 4.69) is 5.32 Å². The fraction of sp³-hybridized carbons (Fsp3) is 0.208. The molecule has 0 saturated carbocycles. The Morgan fingerprint density at radius 2 is 1.79 bits per heavy atom. The molecule has 1 aliphatic heterocycles. The fourth-order valence-electron chi connectivity index (χ4n) is 3.91. The number of nitro benzene ring substituents is 1. The number of carbonyl (C=O) groups excluding carboxylic acids is 4. The van der Waals surface area contributed by atoms with E-state index in [0.29, 0.717) is 27.7 Å². The largest absolute Gasteiger partial charge is 0.462 e. The lowest BCUT2D eigenvalue weighted by atomic mass is 10.1. The first kappa shape index (κ1) is 27.6. The van der Waals surface area contributed by atoms with Crippen molar-refractivity contribution in [1.29, 1.82) is 0 Å². The number of benzene rings is 2. The van der Waals surface area contributed by atoms with Crippen LogP contribution in [0.1, 0.15) is 22.8 Å². The minimum atomic E-state index is -0.820. The van der Waals surface area contributed by atoms with E-state index in [0.717, 1.165) is 0 Å². The number of hydrogen-bond donors (Lipinski definition) is 1. The van der Waals surface area contributed by atoms with Gasteiger partial charge < -0.3 is 10.1 Å². The van der Waals surface area contributed by atoms with Gasteiger partial charge in [0, 0.05) is 25.8 Å². The Morgan fingerprint density at radius 3 is 2.44 bits per heavy atom. The molecule has 13 nitrogen and oxygen atoms in total. The number of hydrogen-bond acceptors (Lipinski definition) is 9. The lowest BCUT2D eigenvalue weighted by Crippen LogP contribution is -2.36. The smallest absolute Gasteiger partial charge is 0.339 e. The van der Waals surface area contributed by atoms with Crippen LogP contribution in [0, 0.1) is 10.1 Å². The van der Waals surface area contributed by atoms with Crippen LogP contribution in [0.3, 0.4) is 0 Å². The number of nitrogens with zero attached hydrogens (tertiary/aromatic N) is 4. The van der Waals surface area contributed by atoms with Crippen LogP contribution in [-0.4, -0.2) is 55.1 Å². The number of esters is 1. The van der Waals surface area contributed by atoms with Crippen molar-refractivity contribution >= 4 is 74.9 Å². The van der Waals surface area contributed by atoms with E-state index >= 15 is 0 Å². The average Bonchev–Trinajstić information content (AvgIpc) is 3.26. The van der Waals surface area contributed by atoms with Crippen molar-refractivity contribution in [2.24, 2.45) is 14.1 Å². The fourth-order valence-corrected chi connectivity index (χ4v) is 4.94. The molecule has 1 aliphatic rings. The molecular formula is C24H20ClN5O8S. The first-order chi connectivity index (χ1) is 18.4. The highest BCUT2D eigenvalue weighted by molar-refractivity contribution is 8.18. The number of aryl methyl sites for hydroxylation is 2. The third-order valence-corrected chi connectivity index (χ3v) is 7.06. The molecule has 1 aromatic heterocycles. The quantitative estimate of drug-likeness (QED) is 0.193. The van der Waals surface area contributed by atoms with Crippen LogP contribution in [0.15, 0.2) is 40.0 Å². The maximum atomic E-state index is 13.0. The first-order valence-electron chi connectivity index (χ1n) is 11.3. The maximum Gasteiger partial charge on any atom is 0.339 e. The molecule has 1 fully saturated rings. The van der Waals surface area contributed by atoms with Gasteiger partial charge in [0.25, 0.3) is 16.8 Å². The second-order valence-corrected chi connectivity index (χ2v) is 9.69. The number of rotatable bonds is 7. The number of fused-ring (bicyclic) bond motifs is 1. The number of nitro groups is 1. The summed E-state index contributed by atoms with van der Waals surface area (Å²) in [7, 11) is 2.98. The molecular weight excluding hydrogens is 554 g/mol. The number of imidazole rings is 1. The van der Waals surface area contributed by atoms with E-state index in [1.807, 2.05) is 0 Å². The highest BCUT2D eigenvalue weighted by atomic mass is 35.5. The third-order valence-electron chi connectivity index (χ3n) is 5.82. The average molecular weight is 574 g/mol. The number of anilines is 1. The Morgan fingerprint density at radius 1 is 1.13 bits per heavy atom. The molecule has 0 unspecified atom stereocenters. The van der Waals surface area contributed by atoms with E-state index in [1.54, 1.807) is 6.92 Å². The Kier molecular flexibility index (Phi) is 7.60. The number of imide groups is 1. The molecule has 0 bridgehead atoms. The van der Waals surface area contributed by atoms with E-state index < -0.39 is 40.2 Å². The lowest BCUT2D eigenvalue weighted by molar-refractivity contribution is -0.385. The summed E-state index contributed by atoms with van der Waals surface area (Å²) in [5, 5.41) is 13.6. The number of halogens is 1. The summed E-state index contributed by atoms with van der Waals surface area (Å²) < 4.78 is 7.48. The zero-order chi connectivity index (χ0) is 28.6. The van der Waals surface area contributed by atoms with Crippen molar-refractivity contribution < 1.29 is 28.8 Å². The van der Waals surface area contributed by atoms with Crippen molar-refractivity contribution in [1.82, 2.24) is 14.0 Å². The summed E-state index contributed by atoms with van der Waals surface area (Å²) in [5.41, 5.74) is 0.183. The summed E-state index contributed by atoms with van der Waals surface area (Å²) >= 11 is 6.54. The summed E-state index contributed by atoms with van der Waals surface area (Å²) in [5.74, 6) is -2.24. The lowest BCUT2D eigenvalue weighted by Gasteiger charge is -2.13. The monoisotopic (exact) mass is 573 g/mol. The topological polar surface area (TPSA) is 163 Å². The normalized spacial score (nSPS) is 14.4. The van der Waals surface area contributed by atoms with Gasteiger partial charge in [-0.25, -0.2) is 9.59 Å². The van der Waals surface area contributed by atoms with Gasteiger partial charge in [-0.2, -0.15) is 0 Å². The van der Waals surface area contributed by atoms with Crippen molar-refractivity contribution in [2.75, 3.05) is 18.5 Å². The van der Waals surface area contributed by atoms with E-state index in [9.17, 15) is 34.1 Å². The van der Waals surface area contributed by atoms with Gasteiger partial charge in [-0.1, -0.05) is 11.6 Å². The molecule has 39 heavy (non-hydrogen) atoms. The molecule has 2 heterocycles. The molecule has 0 atom stereocenters. The Balaban J connectivity index is 1.57. The van der Waals surface area contributed by atoms with Crippen LogP contribution >= 0.6 is 23.4 Å². The van der Waals surface area contributed by atoms with E-state index in [4.69, 9.17) is 16.3 Å². The number of carbonyl (C=O) groups is 4. The van der Waals surface area contributed by atoms with Gasteiger partial charge in [-0.15, -0.1) is 0 Å². The van der Waals surface area contributed by atoms with Gasteiger partial charge >= 0.3 is 11.7 Å². The third kappa shape index (κ3) is 5.28. The van der Waals surface area contributed by atoms with Gasteiger partial charge in [-0.3, -0.25) is 38.5 Å². The molecule has 1 N–H and O–H groups in total. The minimum absolute atomic E-state index is 0.0105. The Hall–Kier alpha value is -4.43. The van der Waals surface area contributed by atoms with E-state index in [-0.39, 0.29) is 39.0 Å². The zero-order valence-electron chi connectivity index (χ0n) is 20.7. The van der Waals surface area contributed by atoms with Gasteiger partial charge in [0.05, 0.1) is 43.6 Å². The predicted molar refractivity (Wildman–Crippen MR) is 144 cm³/mol. The van der Waals surface area contributed by atoms with Crippen LogP contribution in [0.25, 0.3) is 17.1 Å². The van der Waals surface area contributed by atoms with Crippen molar-refractivity contribution in [3.05, 3.63) is 72.0 Å². The summed E-state index contributed by atoms with van der Waals surface area (Å²) in [6.07, 6.45) is 1.18. The highest BCUT2D eigenvalue weighted by Crippen LogP contribution is 2.35. The SMILES string of the molecule is CCOC(=O)c1cc(NC(=O)CN2C(=O)S/C(=C\c3cc4c(cc3[N+](=O)[O-])n(C)c(=O)n4C)C2=O)ccc1Cl. The van der Waals surface area contributed by atoms with Crippen LogP contribution in [-0.2, 0) is 28.4 Å². The number of amides is 3. The van der Waals surface area contributed by atoms with E-state index in [1.165, 1.54) is 59.6 Å². The number of thioether (sulfide) groups is 1. The number of aromatic nitrogens is 2. The minimum Gasteiger partial charge on any atom is -0.462 e. The van der Waals surface area contributed by atoms with Gasteiger partial charge in [0.1, 0.15) is 6.54 Å². The second kappa shape index (κ2) is 10.7. The van der Waals surface area contributed by atoms with Gasteiger partial charge in [0.2, 0.25) is 5.91 Å². The summed E-state index contributed by atoms with van der Waals surface area (Å²) in [6, 6.07) is 6.73. The molecule has 4 rings (SSSR count). The highest BCUT2D eigenvalue weighted by Gasteiger charge is 2.37. The van der Waals surface area contributed by atoms with Crippen LogP contribution in [0.2, 0.25) is 5.02 Å². The van der Waals surface area contributed by atoms with Gasteiger partial charge in [0.15, 0.2) is 0 Å². The molecule has 1 saturated heterocycles. The molecule has 202 valence electrons. The zero-order valence-corrected chi connectivity index (χ0v) is 22.3. The molecule has 0 radical (unpaired) electrons. The van der Waals surface area contributed by atoms with Crippen molar-refractivity contribution in [3.8, 4) is 0 Å². The molecule has 3 aromatic rings. The molecule has 0 spiro atoms. The van der Waals surface area contributed by atoms with Crippen LogP contribution in [0.5, 0.6) is 0 Å².